The maximum Gasteiger partial charge on any atom is 0.342 e. The Morgan fingerprint density at radius 1 is 1.17 bits per heavy atom. The molecule has 7 nitrogen and oxygen atoms in total. The van der Waals surface area contributed by atoms with Crippen LogP contribution in [0.3, 0.4) is 0 Å². The van der Waals surface area contributed by atoms with Gasteiger partial charge in [-0.15, -0.1) is 0 Å². The molecule has 7 heteroatoms. The Balaban J connectivity index is 1.63. The molecule has 3 rings (SSSR count). The maximum absolute atomic E-state index is 12.5. The number of nitrogens with zero attached hydrogens (tertiary/aromatic N) is 1. The van der Waals surface area contributed by atoms with Crippen LogP contribution >= 0.6 is 0 Å². The molecule has 0 aliphatic carbocycles. The van der Waals surface area contributed by atoms with Crippen LogP contribution in [-0.4, -0.2) is 31.8 Å². The number of nitriles is 1. The van der Waals surface area contributed by atoms with E-state index >= 15 is 0 Å². The fraction of sp³-hybridized carbons (Fsp3) is 0.364. The molecule has 0 radical (unpaired) electrons. The van der Waals surface area contributed by atoms with Crippen molar-refractivity contribution in [3.8, 4) is 11.8 Å². The predicted octanol–water partition coefficient (Wildman–Crippen LogP) is 3.04. The van der Waals surface area contributed by atoms with Gasteiger partial charge < -0.3 is 19.6 Å². The maximum atomic E-state index is 12.5. The number of carbonyl (C=O) groups is 1. The summed E-state index contributed by atoms with van der Waals surface area (Å²) in [5.41, 5.74) is 6.20. The van der Waals surface area contributed by atoms with Crippen molar-refractivity contribution in [3.05, 3.63) is 60.2 Å². The summed E-state index contributed by atoms with van der Waals surface area (Å²) in [5, 5.41) is 9.82. The summed E-state index contributed by atoms with van der Waals surface area (Å²) in [6.45, 7) is 1.51. The van der Waals surface area contributed by atoms with Gasteiger partial charge in [0.1, 0.15) is 12.4 Å². The molecule has 0 amide bonds. The molecule has 152 valence electrons. The van der Waals surface area contributed by atoms with E-state index in [-0.39, 0.29) is 5.92 Å². The minimum Gasteiger partial charge on any atom is -0.489 e. The quantitative estimate of drug-likeness (QED) is 0.524. The number of methoxy groups -OCH3 is 1. The van der Waals surface area contributed by atoms with Crippen molar-refractivity contribution < 1.29 is 19.0 Å². The van der Waals surface area contributed by atoms with Gasteiger partial charge in [0, 0.05) is 24.8 Å². The van der Waals surface area contributed by atoms with Crippen molar-refractivity contribution in [3.63, 3.8) is 0 Å². The van der Waals surface area contributed by atoms with Crippen LogP contribution in [0.15, 0.2) is 54.6 Å². The monoisotopic (exact) mass is 395 g/mol. The molecule has 1 heterocycles. The summed E-state index contributed by atoms with van der Waals surface area (Å²) in [7, 11) is 1.29. The van der Waals surface area contributed by atoms with Gasteiger partial charge in [0.05, 0.1) is 13.2 Å². The Morgan fingerprint density at radius 2 is 1.86 bits per heavy atom. The fourth-order valence-electron chi connectivity index (χ4n) is 3.32. The molecule has 29 heavy (non-hydrogen) atoms. The first-order valence-corrected chi connectivity index (χ1v) is 9.55. The molecular weight excluding hydrogens is 370 g/mol. The molecule has 2 aromatic carbocycles. The molecule has 1 fully saturated rings. The van der Waals surface area contributed by atoms with Crippen LogP contribution in [0.5, 0.6) is 5.75 Å². The van der Waals surface area contributed by atoms with E-state index in [0.29, 0.717) is 38.3 Å². The SMILES string of the molecule is COC(=O)C(C#N)(NNc1ccc(OCc2ccccc2)cc1)C1CCOCC1. The minimum absolute atomic E-state index is 0.213. The summed E-state index contributed by atoms with van der Waals surface area (Å²) in [5.74, 6) is -0.0970. The molecular formula is C22H25N3O4. The van der Waals surface area contributed by atoms with Crippen molar-refractivity contribution in [2.45, 2.75) is 25.0 Å². The van der Waals surface area contributed by atoms with Gasteiger partial charge in [-0.2, -0.15) is 5.26 Å². The third-order valence-electron chi connectivity index (χ3n) is 5.02. The van der Waals surface area contributed by atoms with E-state index in [2.05, 4.69) is 16.9 Å². The van der Waals surface area contributed by atoms with Crippen LogP contribution in [0.2, 0.25) is 0 Å². The zero-order valence-electron chi connectivity index (χ0n) is 16.4. The second-order valence-corrected chi connectivity index (χ2v) is 6.85. The van der Waals surface area contributed by atoms with E-state index in [1.54, 1.807) is 0 Å². The molecule has 0 bridgehead atoms. The third-order valence-corrected chi connectivity index (χ3v) is 5.02. The number of rotatable bonds is 8. The van der Waals surface area contributed by atoms with Crippen LogP contribution in [-0.2, 0) is 20.9 Å². The van der Waals surface area contributed by atoms with Crippen LogP contribution in [0, 0.1) is 17.2 Å². The Kier molecular flexibility index (Phi) is 7.06. The highest BCUT2D eigenvalue weighted by Crippen LogP contribution is 2.29. The highest BCUT2D eigenvalue weighted by atomic mass is 16.5. The van der Waals surface area contributed by atoms with E-state index in [1.807, 2.05) is 54.6 Å². The Hall–Kier alpha value is -3.08. The van der Waals surface area contributed by atoms with Gasteiger partial charge in [-0.1, -0.05) is 30.3 Å². The predicted molar refractivity (Wildman–Crippen MR) is 108 cm³/mol. The smallest absolute Gasteiger partial charge is 0.342 e. The number of esters is 1. The lowest BCUT2D eigenvalue weighted by atomic mass is 9.80. The van der Waals surface area contributed by atoms with Crippen molar-refractivity contribution in [1.29, 1.82) is 5.26 Å². The lowest BCUT2D eigenvalue weighted by Crippen LogP contribution is -2.60. The zero-order chi connectivity index (χ0) is 20.5. The number of anilines is 1. The van der Waals surface area contributed by atoms with E-state index < -0.39 is 11.5 Å². The topological polar surface area (TPSA) is 92.6 Å². The van der Waals surface area contributed by atoms with Gasteiger partial charge in [0.15, 0.2) is 0 Å². The molecule has 0 spiro atoms. The van der Waals surface area contributed by atoms with Crippen molar-refractivity contribution in [2.75, 3.05) is 25.7 Å². The fourth-order valence-corrected chi connectivity index (χ4v) is 3.32. The summed E-state index contributed by atoms with van der Waals surface area (Å²) in [6, 6.07) is 19.3. The van der Waals surface area contributed by atoms with Gasteiger partial charge in [-0.3, -0.25) is 0 Å². The Bertz CT molecular complexity index is 829. The largest absolute Gasteiger partial charge is 0.489 e. The van der Waals surface area contributed by atoms with Crippen molar-refractivity contribution in [2.24, 2.45) is 5.92 Å². The molecule has 1 unspecified atom stereocenters. The standard InChI is InChI=1S/C22H25N3O4/c1-27-21(26)22(16-23,18-11-13-28-14-12-18)25-24-19-7-9-20(10-8-19)29-15-17-5-3-2-4-6-17/h2-10,18,24-25H,11-15H2,1H3. The summed E-state index contributed by atoms with van der Waals surface area (Å²) in [6.07, 6.45) is 1.20. The first-order chi connectivity index (χ1) is 14.2. The summed E-state index contributed by atoms with van der Waals surface area (Å²) in [4.78, 5) is 12.5. The van der Waals surface area contributed by atoms with Crippen molar-refractivity contribution >= 4 is 11.7 Å². The van der Waals surface area contributed by atoms with Crippen molar-refractivity contribution in [1.82, 2.24) is 5.43 Å². The molecule has 2 N–H and O–H groups in total. The highest BCUT2D eigenvalue weighted by molar-refractivity contribution is 5.85. The number of nitrogens with one attached hydrogen (secondary N) is 2. The molecule has 0 saturated carbocycles. The lowest BCUT2D eigenvalue weighted by molar-refractivity contribution is -0.149. The Morgan fingerprint density at radius 3 is 2.48 bits per heavy atom. The normalized spacial score (nSPS) is 16.3. The van der Waals surface area contributed by atoms with Gasteiger partial charge in [-0.25, -0.2) is 10.2 Å². The van der Waals surface area contributed by atoms with Crippen LogP contribution in [0.4, 0.5) is 5.69 Å². The molecule has 0 aromatic heterocycles. The first-order valence-electron chi connectivity index (χ1n) is 9.55. The molecule has 1 aliphatic heterocycles. The number of benzene rings is 2. The Labute approximate surface area is 170 Å². The van der Waals surface area contributed by atoms with E-state index in [0.717, 1.165) is 11.3 Å². The number of hydrazine groups is 1. The van der Waals surface area contributed by atoms with E-state index in [4.69, 9.17) is 14.2 Å². The van der Waals surface area contributed by atoms with Crippen LogP contribution < -0.4 is 15.6 Å². The second kappa shape index (κ2) is 9.92. The highest BCUT2D eigenvalue weighted by Gasteiger charge is 2.48. The van der Waals surface area contributed by atoms with Gasteiger partial charge in [0.2, 0.25) is 5.54 Å². The number of ether oxygens (including phenoxy) is 3. The average molecular weight is 395 g/mol. The van der Waals surface area contributed by atoms with E-state index in [1.165, 1.54) is 7.11 Å². The minimum atomic E-state index is -1.49. The van der Waals surface area contributed by atoms with Crippen LogP contribution in [0.25, 0.3) is 0 Å². The van der Waals surface area contributed by atoms with E-state index in [9.17, 15) is 10.1 Å². The molecule has 1 atom stereocenters. The van der Waals surface area contributed by atoms with Crippen LogP contribution in [0.1, 0.15) is 18.4 Å². The van der Waals surface area contributed by atoms with Gasteiger partial charge in [-0.05, 0) is 42.7 Å². The van der Waals surface area contributed by atoms with Gasteiger partial charge in [0.25, 0.3) is 0 Å². The summed E-state index contributed by atoms with van der Waals surface area (Å²) < 4.78 is 16.1. The second-order valence-electron chi connectivity index (χ2n) is 6.85. The molecule has 1 aliphatic rings. The summed E-state index contributed by atoms with van der Waals surface area (Å²) >= 11 is 0. The number of carbonyl (C=O) groups excluding carboxylic acids is 1. The number of hydrogen-bond acceptors (Lipinski definition) is 7. The lowest BCUT2D eigenvalue weighted by Gasteiger charge is -2.35. The third kappa shape index (κ3) is 5.05. The number of hydrogen-bond donors (Lipinski definition) is 2. The zero-order valence-corrected chi connectivity index (χ0v) is 16.4. The average Bonchev–Trinajstić information content (AvgIpc) is 2.80. The van der Waals surface area contributed by atoms with Gasteiger partial charge >= 0.3 is 5.97 Å². The molecule has 1 saturated heterocycles. The molecule has 2 aromatic rings. The first kappa shape index (κ1) is 20.6.